The molecule has 0 aromatic heterocycles. The highest BCUT2D eigenvalue weighted by molar-refractivity contribution is 5.92. The number of alkyl carbamates (subject to hydrolysis) is 1. The van der Waals surface area contributed by atoms with E-state index in [2.05, 4.69) is 21.5 Å². The molecule has 1 unspecified atom stereocenters. The van der Waals surface area contributed by atoms with E-state index in [1.165, 1.54) is 31.2 Å². The molecule has 15 nitrogen and oxygen atoms in total. The van der Waals surface area contributed by atoms with Gasteiger partial charge in [0.05, 0.1) is 36.3 Å². The summed E-state index contributed by atoms with van der Waals surface area (Å²) in [5, 5.41) is 17.2. The number of hydrazine groups is 1. The summed E-state index contributed by atoms with van der Waals surface area (Å²) in [6, 6.07) is 9.32. The molecule has 0 saturated carbocycles. The van der Waals surface area contributed by atoms with Crippen molar-refractivity contribution in [3.63, 3.8) is 0 Å². The van der Waals surface area contributed by atoms with Gasteiger partial charge in [-0.15, -0.1) is 0 Å². The van der Waals surface area contributed by atoms with Gasteiger partial charge in [-0.2, -0.15) is 0 Å². The minimum atomic E-state index is -0.984. The molecule has 4 amide bonds. The van der Waals surface area contributed by atoms with E-state index in [0.29, 0.717) is 25.8 Å². The largest absolute Gasteiger partial charge is 0.493 e. The zero-order valence-corrected chi connectivity index (χ0v) is 28.3. The molecule has 2 aromatic carbocycles. The number of rotatable bonds is 15. The molecule has 1 fully saturated rings. The summed E-state index contributed by atoms with van der Waals surface area (Å²) in [6.07, 6.45) is 1.03. The first-order chi connectivity index (χ1) is 22.7. The molecule has 4 N–H and O–H groups in total. The van der Waals surface area contributed by atoms with Gasteiger partial charge in [0, 0.05) is 26.4 Å². The van der Waals surface area contributed by atoms with Gasteiger partial charge in [-0.05, 0) is 58.6 Å². The number of carbonyl (C=O) groups excluding carboxylic acids is 4. The Hall–Kier alpha value is -4.92. The third-order valence-electron chi connectivity index (χ3n) is 7.58. The van der Waals surface area contributed by atoms with Crippen molar-refractivity contribution in [2.75, 3.05) is 27.3 Å². The number of methoxy groups -OCH3 is 1. The van der Waals surface area contributed by atoms with Crippen LogP contribution in [0.3, 0.4) is 0 Å². The van der Waals surface area contributed by atoms with Gasteiger partial charge < -0.3 is 29.7 Å². The zero-order valence-electron chi connectivity index (χ0n) is 28.3. The Morgan fingerprint density at radius 1 is 1.10 bits per heavy atom. The fraction of sp³-hybridized carbons (Fsp3) is 0.515. The number of likely N-dealkylation sites (tertiary alicyclic amines) is 1. The van der Waals surface area contributed by atoms with Crippen molar-refractivity contribution in [3.05, 3.63) is 63.7 Å². The number of ether oxygens (including phenoxy) is 3. The Balaban J connectivity index is 1.72. The van der Waals surface area contributed by atoms with Crippen LogP contribution < -0.4 is 31.0 Å². The molecule has 0 aliphatic carbocycles. The summed E-state index contributed by atoms with van der Waals surface area (Å²) < 4.78 is 16.5. The van der Waals surface area contributed by atoms with E-state index in [1.54, 1.807) is 27.7 Å². The number of benzene rings is 2. The number of hydrogen-bond donors (Lipinski definition) is 4. The van der Waals surface area contributed by atoms with Crippen LogP contribution in [0.15, 0.2) is 42.5 Å². The molecular formula is C33H46N6O9. The van der Waals surface area contributed by atoms with Crippen LogP contribution in [0.1, 0.15) is 70.5 Å². The molecule has 1 saturated heterocycles. The Labute approximate surface area is 280 Å². The van der Waals surface area contributed by atoms with Crippen molar-refractivity contribution in [1.82, 2.24) is 26.4 Å². The average Bonchev–Trinajstić information content (AvgIpc) is 3.54. The molecule has 1 aliphatic heterocycles. The Kier molecular flexibility index (Phi) is 13.5. The first-order valence-electron chi connectivity index (χ1n) is 15.8. The second kappa shape index (κ2) is 17.3. The van der Waals surface area contributed by atoms with Crippen LogP contribution in [0.5, 0.6) is 11.5 Å². The third-order valence-corrected chi connectivity index (χ3v) is 7.58. The summed E-state index contributed by atoms with van der Waals surface area (Å²) in [4.78, 5) is 64.3. The van der Waals surface area contributed by atoms with Crippen LogP contribution in [-0.2, 0) is 25.5 Å². The zero-order chi connectivity index (χ0) is 35.4. The lowest BCUT2D eigenvalue weighted by molar-refractivity contribution is -0.385. The van der Waals surface area contributed by atoms with E-state index in [-0.39, 0.29) is 48.1 Å². The number of nitro benzene ring substituents is 1. The van der Waals surface area contributed by atoms with Gasteiger partial charge in [-0.3, -0.25) is 29.9 Å². The lowest BCUT2D eigenvalue weighted by atomic mass is 10.0. The van der Waals surface area contributed by atoms with Gasteiger partial charge in [0.2, 0.25) is 11.8 Å². The van der Waals surface area contributed by atoms with Crippen LogP contribution in [0.25, 0.3) is 0 Å². The molecule has 1 heterocycles. The Morgan fingerprint density at radius 2 is 1.81 bits per heavy atom. The van der Waals surface area contributed by atoms with Crippen LogP contribution in [-0.4, -0.2) is 78.6 Å². The molecular weight excluding hydrogens is 624 g/mol. The first kappa shape index (κ1) is 37.5. The SMILES string of the molecule is CNC(=O)CCCOc1cc([N+](=O)[O-])c(C(C)NNC(=O)[C@@H]2CCCN2C(=O)[C@H](Cc2ccccc2)NC(=O)OC(C)(C)C)cc1OC. The summed E-state index contributed by atoms with van der Waals surface area (Å²) >= 11 is 0. The number of carbonyl (C=O) groups is 4. The summed E-state index contributed by atoms with van der Waals surface area (Å²) in [7, 11) is 2.93. The number of nitrogens with one attached hydrogen (secondary N) is 4. The van der Waals surface area contributed by atoms with Gasteiger partial charge in [-0.1, -0.05) is 30.3 Å². The topological polar surface area (TPSA) is 190 Å². The maximum Gasteiger partial charge on any atom is 0.408 e. The van der Waals surface area contributed by atoms with Crippen molar-refractivity contribution < 1.29 is 38.3 Å². The lowest BCUT2D eigenvalue weighted by Crippen LogP contribution is -2.56. The van der Waals surface area contributed by atoms with Gasteiger partial charge in [0.15, 0.2) is 11.5 Å². The predicted octanol–water partition coefficient (Wildman–Crippen LogP) is 3.32. The standard InChI is InChI=1S/C33H46N6O9/c1-21(23-19-27(46-6)28(20-26(23)39(44)45)47-17-11-15-29(40)34-5)36-37-30(41)25-14-10-16-38(25)31(42)24(18-22-12-8-7-9-13-22)35-32(43)48-33(2,3)4/h7-9,12-13,19-21,24-25,36H,10-11,14-18H2,1-6H3,(H,34,40)(H,35,43)(H,37,41)/t21?,24-,25-/m0/s1. The van der Waals surface area contributed by atoms with Crippen molar-refractivity contribution in [3.8, 4) is 11.5 Å². The Bertz CT molecular complexity index is 1450. The van der Waals surface area contributed by atoms with E-state index < -0.39 is 46.6 Å². The van der Waals surface area contributed by atoms with Crippen LogP contribution in [0, 0.1) is 10.1 Å². The number of amides is 4. The normalized spacial score (nSPS) is 15.5. The summed E-state index contributed by atoms with van der Waals surface area (Å²) in [5.74, 6) is -0.699. The van der Waals surface area contributed by atoms with E-state index >= 15 is 0 Å². The van der Waals surface area contributed by atoms with Gasteiger partial charge >= 0.3 is 6.09 Å². The highest BCUT2D eigenvalue weighted by atomic mass is 16.6. The molecule has 262 valence electrons. The molecule has 0 bridgehead atoms. The van der Waals surface area contributed by atoms with Crippen molar-refractivity contribution >= 4 is 29.5 Å². The minimum Gasteiger partial charge on any atom is -0.493 e. The second-order valence-electron chi connectivity index (χ2n) is 12.4. The van der Waals surface area contributed by atoms with Crippen molar-refractivity contribution in [1.29, 1.82) is 0 Å². The molecule has 3 atom stereocenters. The maximum atomic E-state index is 13.8. The lowest BCUT2D eigenvalue weighted by Gasteiger charge is -2.30. The minimum absolute atomic E-state index is 0.139. The van der Waals surface area contributed by atoms with Crippen molar-refractivity contribution in [2.24, 2.45) is 0 Å². The molecule has 1 aliphatic rings. The third kappa shape index (κ3) is 10.8. The number of hydrogen-bond acceptors (Lipinski definition) is 10. The fourth-order valence-corrected chi connectivity index (χ4v) is 5.23. The monoisotopic (exact) mass is 670 g/mol. The van der Waals surface area contributed by atoms with E-state index in [1.807, 2.05) is 30.3 Å². The van der Waals surface area contributed by atoms with Gasteiger partial charge in [0.1, 0.15) is 17.7 Å². The smallest absolute Gasteiger partial charge is 0.408 e. The van der Waals surface area contributed by atoms with E-state index in [9.17, 15) is 29.3 Å². The highest BCUT2D eigenvalue weighted by Gasteiger charge is 2.38. The van der Waals surface area contributed by atoms with Crippen LogP contribution in [0.2, 0.25) is 0 Å². The maximum absolute atomic E-state index is 13.8. The predicted molar refractivity (Wildman–Crippen MR) is 176 cm³/mol. The van der Waals surface area contributed by atoms with E-state index in [0.717, 1.165) is 5.56 Å². The summed E-state index contributed by atoms with van der Waals surface area (Å²) in [6.45, 7) is 7.24. The number of nitrogens with zero attached hydrogens (tertiary/aromatic N) is 2. The van der Waals surface area contributed by atoms with E-state index in [4.69, 9.17) is 14.2 Å². The Morgan fingerprint density at radius 3 is 2.44 bits per heavy atom. The quantitative estimate of drug-likeness (QED) is 0.124. The molecule has 0 spiro atoms. The van der Waals surface area contributed by atoms with Gasteiger partial charge in [-0.25, -0.2) is 10.2 Å². The molecule has 2 aromatic rings. The number of nitro groups is 1. The molecule has 0 radical (unpaired) electrons. The molecule has 3 rings (SSSR count). The van der Waals surface area contributed by atoms with Crippen LogP contribution in [0.4, 0.5) is 10.5 Å². The first-order valence-corrected chi connectivity index (χ1v) is 15.8. The highest BCUT2D eigenvalue weighted by Crippen LogP contribution is 2.37. The fourth-order valence-electron chi connectivity index (χ4n) is 5.23. The van der Waals surface area contributed by atoms with Crippen molar-refractivity contribution in [2.45, 2.75) is 83.5 Å². The van der Waals surface area contributed by atoms with Crippen LogP contribution >= 0.6 is 0 Å². The molecule has 48 heavy (non-hydrogen) atoms. The van der Waals surface area contributed by atoms with Gasteiger partial charge in [0.25, 0.3) is 11.6 Å². The second-order valence-corrected chi connectivity index (χ2v) is 12.4. The summed E-state index contributed by atoms with van der Waals surface area (Å²) in [5.41, 5.74) is 5.45. The average molecular weight is 671 g/mol. The molecule has 15 heteroatoms.